The Balaban J connectivity index is 1.94. The zero-order valence-corrected chi connectivity index (χ0v) is 24.0. The number of amides is 2. The van der Waals surface area contributed by atoms with Crippen LogP contribution in [0.2, 0.25) is 0 Å². The minimum atomic E-state index is -0.440. The number of carbonyl (C=O) groups excluding carboxylic acids is 3. The molecule has 0 saturated heterocycles. The molecule has 12 nitrogen and oxygen atoms in total. The molecule has 12 heteroatoms. The van der Waals surface area contributed by atoms with Gasteiger partial charge in [-0.2, -0.15) is 0 Å². The topological polar surface area (TPSA) is 167 Å². The Bertz CT molecular complexity index is 820. The number of nitrogens with zero attached hydrogens (tertiary/aromatic N) is 1. The summed E-state index contributed by atoms with van der Waals surface area (Å²) >= 11 is 0. The van der Waals surface area contributed by atoms with E-state index in [1.54, 1.807) is 12.5 Å². The fourth-order valence-corrected chi connectivity index (χ4v) is 3.56. The lowest BCUT2D eigenvalue weighted by atomic mass is 10.1. The van der Waals surface area contributed by atoms with Gasteiger partial charge in [-0.15, -0.1) is 0 Å². The van der Waals surface area contributed by atoms with E-state index in [2.05, 4.69) is 27.2 Å². The minimum absolute atomic E-state index is 0.0385. The summed E-state index contributed by atoms with van der Waals surface area (Å²) in [5.41, 5.74) is 7.55. The van der Waals surface area contributed by atoms with Gasteiger partial charge in [0, 0.05) is 44.6 Å². The van der Waals surface area contributed by atoms with Crippen LogP contribution in [0, 0.1) is 0 Å². The van der Waals surface area contributed by atoms with Gasteiger partial charge in [-0.05, 0) is 44.9 Å². The molecule has 5 N–H and O–H groups in total. The van der Waals surface area contributed by atoms with E-state index in [4.69, 9.17) is 24.7 Å². The van der Waals surface area contributed by atoms with Crippen LogP contribution in [-0.2, 0) is 39.8 Å². The lowest BCUT2D eigenvalue weighted by Gasteiger charge is -2.16. The summed E-state index contributed by atoms with van der Waals surface area (Å²) < 4.78 is 21.3. The van der Waals surface area contributed by atoms with Crippen molar-refractivity contribution in [2.75, 3.05) is 65.9 Å². The van der Waals surface area contributed by atoms with Crippen LogP contribution >= 0.6 is 0 Å². The molecule has 1 rings (SSSR count). The summed E-state index contributed by atoms with van der Waals surface area (Å²) in [6.45, 7) is 9.86. The third-order valence-electron chi connectivity index (χ3n) is 5.82. The Morgan fingerprint density at radius 2 is 1.70 bits per heavy atom. The molecule has 0 aliphatic heterocycles. The molecule has 2 amide bonds. The average molecular weight is 568 g/mol. The van der Waals surface area contributed by atoms with Gasteiger partial charge < -0.3 is 40.3 Å². The number of ether oxygens (including phenoxy) is 4. The van der Waals surface area contributed by atoms with Gasteiger partial charge in [0.05, 0.1) is 38.8 Å². The van der Waals surface area contributed by atoms with Gasteiger partial charge in [0.1, 0.15) is 13.2 Å². The number of nitrogens with two attached hydrogens (primary N) is 1. The first kappa shape index (κ1) is 35.4. The van der Waals surface area contributed by atoms with E-state index < -0.39 is 11.9 Å². The van der Waals surface area contributed by atoms with Gasteiger partial charge in [-0.1, -0.05) is 19.1 Å². The number of nitrogens with one attached hydrogen (secondary N) is 3. The maximum absolute atomic E-state index is 11.9. The summed E-state index contributed by atoms with van der Waals surface area (Å²) in [5.74, 6) is -0.564. The molecule has 0 radical (unpaired) electrons. The number of imidazole rings is 1. The number of primary amides is 1. The molecule has 0 spiro atoms. The first-order chi connectivity index (χ1) is 19.4. The third-order valence-corrected chi connectivity index (χ3v) is 5.82. The molecule has 0 bridgehead atoms. The molecule has 1 aromatic heterocycles. The van der Waals surface area contributed by atoms with Crippen LogP contribution in [0.4, 0.5) is 0 Å². The van der Waals surface area contributed by atoms with Crippen molar-refractivity contribution in [3.05, 3.63) is 30.4 Å². The molecule has 40 heavy (non-hydrogen) atoms. The number of ketones is 1. The third kappa shape index (κ3) is 20.3. The molecule has 1 heterocycles. The summed E-state index contributed by atoms with van der Waals surface area (Å²) in [5, 5.41) is 5.98. The number of aryl methyl sites for hydroxylation is 1. The average Bonchev–Trinajstić information content (AvgIpc) is 3.46. The van der Waals surface area contributed by atoms with Gasteiger partial charge in [-0.3, -0.25) is 14.4 Å². The second-order valence-corrected chi connectivity index (χ2v) is 9.48. The Kier molecular flexibility index (Phi) is 21.4. The van der Waals surface area contributed by atoms with Gasteiger partial charge in [-0.25, -0.2) is 4.98 Å². The monoisotopic (exact) mass is 567 g/mol. The second-order valence-electron chi connectivity index (χ2n) is 9.48. The van der Waals surface area contributed by atoms with Crippen LogP contribution < -0.4 is 16.4 Å². The van der Waals surface area contributed by atoms with E-state index in [1.165, 1.54) is 0 Å². The highest BCUT2D eigenvalue weighted by Crippen LogP contribution is 2.06. The number of unbranched alkanes of at least 4 members (excludes halogenated alkanes) is 1. The van der Waals surface area contributed by atoms with Crippen molar-refractivity contribution in [1.82, 2.24) is 20.6 Å². The summed E-state index contributed by atoms with van der Waals surface area (Å²) in [4.78, 5) is 42.4. The highest BCUT2D eigenvalue weighted by molar-refractivity contribution is 5.80. The maximum Gasteiger partial charge on any atom is 0.245 e. The van der Waals surface area contributed by atoms with Crippen molar-refractivity contribution in [3.63, 3.8) is 0 Å². The predicted molar refractivity (Wildman–Crippen MR) is 152 cm³/mol. The van der Waals surface area contributed by atoms with Gasteiger partial charge in [0.25, 0.3) is 0 Å². The lowest BCUT2D eigenvalue weighted by Crippen LogP contribution is -2.42. The fraction of sp³-hybridized carbons (Fsp3) is 0.714. The Morgan fingerprint density at radius 1 is 0.975 bits per heavy atom. The molecule has 228 valence electrons. The first-order valence-electron chi connectivity index (χ1n) is 14.2. The number of carbonyl (C=O) groups is 3. The minimum Gasteiger partial charge on any atom is -0.379 e. The molecule has 0 aliphatic rings. The van der Waals surface area contributed by atoms with E-state index in [0.717, 1.165) is 43.4 Å². The van der Waals surface area contributed by atoms with E-state index in [-0.39, 0.29) is 24.9 Å². The zero-order chi connectivity index (χ0) is 29.3. The normalized spacial score (nSPS) is 11.8. The summed E-state index contributed by atoms with van der Waals surface area (Å²) in [6, 6.07) is -0.440. The smallest absolute Gasteiger partial charge is 0.245 e. The van der Waals surface area contributed by atoms with E-state index >= 15 is 0 Å². The summed E-state index contributed by atoms with van der Waals surface area (Å²) in [6.07, 6.45) is 9.04. The Morgan fingerprint density at radius 3 is 2.40 bits per heavy atom. The number of aromatic nitrogens is 2. The molecule has 0 unspecified atom stereocenters. The van der Waals surface area contributed by atoms with Crippen molar-refractivity contribution < 1.29 is 33.3 Å². The largest absolute Gasteiger partial charge is 0.379 e. The van der Waals surface area contributed by atoms with Crippen LogP contribution in [0.5, 0.6) is 0 Å². The predicted octanol–water partition coefficient (Wildman–Crippen LogP) is 1.45. The van der Waals surface area contributed by atoms with Crippen LogP contribution in [0.1, 0.15) is 57.6 Å². The second kappa shape index (κ2) is 24.2. The molecule has 0 aliphatic carbocycles. The molecule has 0 saturated carbocycles. The molecular weight excluding hydrogens is 518 g/mol. The number of H-pyrrole nitrogens is 1. The molecule has 0 aromatic carbocycles. The molecule has 1 aromatic rings. The quantitative estimate of drug-likeness (QED) is 0.0865. The number of aromatic amines is 1. The highest BCUT2D eigenvalue weighted by atomic mass is 16.5. The molecule has 1 atom stereocenters. The van der Waals surface area contributed by atoms with Crippen molar-refractivity contribution >= 4 is 17.6 Å². The van der Waals surface area contributed by atoms with Crippen LogP contribution in [0.3, 0.4) is 0 Å². The van der Waals surface area contributed by atoms with Crippen molar-refractivity contribution in [2.24, 2.45) is 5.73 Å². The Labute approximate surface area is 238 Å². The van der Waals surface area contributed by atoms with Gasteiger partial charge in [0.2, 0.25) is 11.8 Å². The van der Waals surface area contributed by atoms with Crippen molar-refractivity contribution in [2.45, 2.75) is 64.3 Å². The number of hydrogen-bond donors (Lipinski definition) is 4. The van der Waals surface area contributed by atoms with Crippen LogP contribution in [0.15, 0.2) is 24.7 Å². The van der Waals surface area contributed by atoms with Crippen molar-refractivity contribution in [1.29, 1.82) is 0 Å². The van der Waals surface area contributed by atoms with Crippen LogP contribution in [-0.4, -0.2) is 99.6 Å². The number of rotatable bonds is 28. The SMILES string of the molecule is C=C(CCc1cnc[nH]1)CN[C@@H](CCCCNC(=O)COCCOCCCC(=O)COCCOCCC)C(N)=O. The molecule has 0 fully saturated rings. The van der Waals surface area contributed by atoms with E-state index in [1.807, 2.05) is 6.92 Å². The standard InChI is InChI=1S/C28H49N5O7/c1-3-12-37-14-16-39-20-25(34)7-6-13-38-15-17-40-21-27(35)31-11-5-4-8-26(28(29)36)32-18-23(2)9-10-24-19-30-22-33-24/h19,22,26,32H,2-18,20-21H2,1H3,(H2,29,36)(H,30,33)(H,31,35)/t26-/m0/s1. The van der Waals surface area contributed by atoms with E-state index in [0.29, 0.717) is 72.0 Å². The maximum atomic E-state index is 11.9. The number of hydrogen-bond acceptors (Lipinski definition) is 9. The van der Waals surface area contributed by atoms with Crippen molar-refractivity contribution in [3.8, 4) is 0 Å². The Hall–Kier alpha value is -2.64. The van der Waals surface area contributed by atoms with E-state index in [9.17, 15) is 14.4 Å². The number of Topliss-reactive ketones (excluding diaryl/α,β-unsaturated/α-hetero) is 1. The highest BCUT2D eigenvalue weighted by Gasteiger charge is 2.14. The first-order valence-corrected chi connectivity index (χ1v) is 14.2. The molecular formula is C28H49N5O7. The lowest BCUT2D eigenvalue weighted by molar-refractivity contribution is -0.126. The zero-order valence-electron chi connectivity index (χ0n) is 24.0. The fourth-order valence-electron chi connectivity index (χ4n) is 3.56. The van der Waals surface area contributed by atoms with Crippen LogP contribution in [0.25, 0.3) is 0 Å². The van der Waals surface area contributed by atoms with Gasteiger partial charge >= 0.3 is 0 Å². The van der Waals surface area contributed by atoms with Gasteiger partial charge in [0.15, 0.2) is 5.78 Å². The summed E-state index contributed by atoms with van der Waals surface area (Å²) in [7, 11) is 0.